The number of aryl methyl sites for hydroxylation is 4. The van der Waals surface area contributed by atoms with Crippen molar-refractivity contribution in [3.8, 4) is 44.8 Å². The Morgan fingerprint density at radius 2 is 0.886 bits per heavy atom. The first-order valence-corrected chi connectivity index (χ1v) is 27.2. The Hall–Kier alpha value is -5.86. The van der Waals surface area contributed by atoms with Gasteiger partial charge in [0.2, 0.25) is 11.4 Å². The zero-order valence-corrected chi connectivity index (χ0v) is 43.4. The molecule has 6 aromatic carbocycles. The first-order chi connectivity index (χ1) is 33.9. The molecule has 0 radical (unpaired) electrons. The van der Waals surface area contributed by atoms with Gasteiger partial charge in [-0.2, -0.15) is 0 Å². The lowest BCUT2D eigenvalue weighted by atomic mass is 9.63. The highest BCUT2D eigenvalue weighted by Gasteiger charge is 2.38. The van der Waals surface area contributed by atoms with Gasteiger partial charge < -0.3 is 0 Å². The van der Waals surface area contributed by atoms with Crippen molar-refractivity contribution in [1.29, 1.82) is 0 Å². The summed E-state index contributed by atoms with van der Waals surface area (Å²) in [4.78, 5) is 0. The van der Waals surface area contributed by atoms with Gasteiger partial charge in [-0.25, -0.2) is 9.13 Å². The summed E-state index contributed by atoms with van der Waals surface area (Å²) in [5, 5.41) is 5.48. The average Bonchev–Trinajstić information content (AvgIpc) is 4.00. The van der Waals surface area contributed by atoms with Crippen molar-refractivity contribution in [3.63, 3.8) is 0 Å². The van der Waals surface area contributed by atoms with Gasteiger partial charge in [0.1, 0.15) is 14.1 Å². The lowest BCUT2D eigenvalue weighted by Gasteiger charge is -2.42. The Morgan fingerprint density at radius 1 is 0.429 bits per heavy atom. The lowest BCUT2D eigenvalue weighted by Crippen LogP contribution is -2.32. The Labute approximate surface area is 419 Å². The van der Waals surface area contributed by atoms with Gasteiger partial charge >= 0.3 is 0 Å². The smallest absolute Gasteiger partial charge is 0.201 e. The second-order valence-electron chi connectivity index (χ2n) is 23.1. The fourth-order valence-corrected chi connectivity index (χ4v) is 14.0. The molecule has 0 N–H and O–H groups in total. The van der Waals surface area contributed by atoms with Crippen molar-refractivity contribution < 1.29 is 9.13 Å². The zero-order chi connectivity index (χ0) is 48.2. The van der Waals surface area contributed by atoms with Gasteiger partial charge in [0.15, 0.2) is 12.4 Å². The van der Waals surface area contributed by atoms with Gasteiger partial charge in [0.05, 0.1) is 0 Å². The van der Waals surface area contributed by atoms with Crippen LogP contribution in [0.5, 0.6) is 0 Å². The van der Waals surface area contributed by atoms with Crippen LogP contribution in [0.15, 0.2) is 146 Å². The van der Waals surface area contributed by atoms with Crippen molar-refractivity contribution in [1.82, 2.24) is 0 Å². The largest absolute Gasteiger partial charge is 0.213 e. The van der Waals surface area contributed by atoms with E-state index in [0.29, 0.717) is 11.8 Å². The summed E-state index contributed by atoms with van der Waals surface area (Å²) in [5.74, 6) is 6.35. The molecule has 2 heterocycles. The van der Waals surface area contributed by atoms with Gasteiger partial charge in [0.25, 0.3) is 0 Å². The van der Waals surface area contributed by atoms with E-state index in [-0.39, 0.29) is 0 Å². The summed E-state index contributed by atoms with van der Waals surface area (Å²) in [6.45, 7) is 13.6. The minimum absolute atomic E-state index is 0.460. The highest BCUT2D eigenvalue weighted by Crippen LogP contribution is 2.52. The molecule has 70 heavy (non-hydrogen) atoms. The lowest BCUT2D eigenvalue weighted by molar-refractivity contribution is -0.660. The predicted molar refractivity (Wildman–Crippen MR) is 295 cm³/mol. The maximum Gasteiger partial charge on any atom is 0.213 e. The van der Waals surface area contributed by atoms with Crippen LogP contribution in [0.2, 0.25) is 0 Å². The fraction of sp³-hybridized carbons (Fsp3) is 0.382. The number of pyridine rings is 2. The number of benzene rings is 6. The molecule has 0 saturated heterocycles. The van der Waals surface area contributed by atoms with E-state index in [1.54, 1.807) is 11.1 Å². The Kier molecular flexibility index (Phi) is 12.9. The van der Waals surface area contributed by atoms with Gasteiger partial charge in [-0.3, -0.25) is 0 Å². The molecule has 5 saturated carbocycles. The second kappa shape index (κ2) is 19.4. The average molecular weight is 921 g/mol. The number of hydrogen-bond donors (Lipinski definition) is 0. The molecular weight excluding hydrogens is 845 g/mol. The summed E-state index contributed by atoms with van der Waals surface area (Å²) in [6.07, 6.45) is 19.1. The molecule has 3 atom stereocenters. The van der Waals surface area contributed by atoms with Crippen LogP contribution in [-0.2, 0) is 14.1 Å². The quantitative estimate of drug-likeness (QED) is 0.134. The van der Waals surface area contributed by atoms with E-state index in [2.05, 4.69) is 211 Å². The topological polar surface area (TPSA) is 7.76 Å². The molecule has 356 valence electrons. The molecule has 5 aliphatic rings. The molecule has 2 bridgehead atoms. The summed E-state index contributed by atoms with van der Waals surface area (Å²) in [5.41, 5.74) is 19.1. The molecule has 2 aromatic heterocycles. The summed E-state index contributed by atoms with van der Waals surface area (Å²) >= 11 is 0. The van der Waals surface area contributed by atoms with E-state index in [1.807, 2.05) is 0 Å². The molecule has 8 aromatic rings. The van der Waals surface area contributed by atoms with Crippen LogP contribution in [0, 0.1) is 37.5 Å². The highest BCUT2D eigenvalue weighted by atomic mass is 14.9. The minimum atomic E-state index is 0.460. The summed E-state index contributed by atoms with van der Waals surface area (Å²) in [7, 11) is 4.35. The molecule has 5 fully saturated rings. The molecule has 0 spiro atoms. The minimum Gasteiger partial charge on any atom is -0.201 e. The third-order valence-electron chi connectivity index (χ3n) is 18.0. The summed E-state index contributed by atoms with van der Waals surface area (Å²) in [6, 6.07) is 51.1. The zero-order valence-electron chi connectivity index (χ0n) is 43.4. The molecular formula is C68H76N2+2. The number of hydrogen-bond acceptors (Lipinski definition) is 0. The Balaban J connectivity index is 0.000000152. The maximum absolute atomic E-state index is 2.50. The van der Waals surface area contributed by atoms with Crippen LogP contribution in [0.3, 0.4) is 0 Å². The van der Waals surface area contributed by atoms with E-state index >= 15 is 0 Å². The monoisotopic (exact) mass is 921 g/mol. The molecule has 3 unspecified atom stereocenters. The van der Waals surface area contributed by atoms with Crippen LogP contribution in [0.25, 0.3) is 66.3 Å². The van der Waals surface area contributed by atoms with Crippen LogP contribution in [-0.4, -0.2) is 0 Å². The molecule has 2 heteroatoms. The Morgan fingerprint density at radius 3 is 1.36 bits per heavy atom. The first-order valence-electron chi connectivity index (χ1n) is 27.2. The normalized spacial score (nSPS) is 21.7. The van der Waals surface area contributed by atoms with Crippen molar-refractivity contribution in [2.24, 2.45) is 37.8 Å². The number of aromatic nitrogens is 2. The van der Waals surface area contributed by atoms with Crippen molar-refractivity contribution in [3.05, 3.63) is 179 Å². The first kappa shape index (κ1) is 46.5. The van der Waals surface area contributed by atoms with E-state index < -0.39 is 0 Å². The van der Waals surface area contributed by atoms with E-state index in [1.165, 1.54) is 153 Å². The third kappa shape index (κ3) is 9.06. The summed E-state index contributed by atoms with van der Waals surface area (Å²) < 4.78 is 4.60. The predicted octanol–water partition coefficient (Wildman–Crippen LogP) is 17.4. The van der Waals surface area contributed by atoms with Gasteiger partial charge in [-0.05, 0) is 184 Å². The van der Waals surface area contributed by atoms with Crippen LogP contribution in [0.4, 0.5) is 0 Å². The van der Waals surface area contributed by atoms with Crippen LogP contribution in [0.1, 0.15) is 149 Å². The number of nitrogens with zero attached hydrogens (tertiary/aromatic N) is 2. The Bertz CT molecular complexity index is 3200. The van der Waals surface area contributed by atoms with E-state index in [0.717, 1.165) is 35.5 Å². The molecule has 2 nitrogen and oxygen atoms in total. The number of rotatable bonds is 8. The van der Waals surface area contributed by atoms with Gasteiger partial charge in [-0.15, -0.1) is 0 Å². The molecule has 0 amide bonds. The molecule has 13 rings (SSSR count). The molecule has 0 aliphatic heterocycles. The fourth-order valence-electron chi connectivity index (χ4n) is 14.0. The molecule has 5 aliphatic carbocycles. The van der Waals surface area contributed by atoms with E-state index in [4.69, 9.17) is 0 Å². The van der Waals surface area contributed by atoms with Crippen molar-refractivity contribution in [2.45, 2.75) is 129 Å². The van der Waals surface area contributed by atoms with E-state index in [9.17, 15) is 0 Å². The SMILES string of the molecule is Cc1ccccc1-c1cc(-c2ccc3cc(C4CC5CCC4CC5)ccc3c2)c(C(C)C)c[n+]1C.Cc1ccccc1-c1cc(-c2ccc3cc(C4CC5CCCC5C4)ccc3c2)c(C(C)C)c[n+]1C. The van der Waals surface area contributed by atoms with Gasteiger partial charge in [0, 0.05) is 34.4 Å². The maximum atomic E-state index is 2.50. The van der Waals surface area contributed by atoms with Crippen molar-refractivity contribution >= 4 is 21.5 Å². The van der Waals surface area contributed by atoms with Crippen LogP contribution < -0.4 is 9.13 Å². The number of fused-ring (bicyclic) bond motifs is 6. The third-order valence-corrected chi connectivity index (χ3v) is 18.0. The standard InChI is InChI=1S/2C34H38N/c1-22(2)33-21-35(4)34(31-11-6-5-8-23(31)3)20-32(33)29-15-14-26-16-28(13-12-27(26)17-29)30-18-24-9-7-10-25(24)19-30;1-22(2)33-21-35(4)34(30-8-6-5-7-23(30)3)20-32(33)29-16-14-26-18-28(15-13-27(26)19-29)31-17-24-9-11-25(31)12-10-24/h5-6,8,11-17,20-22,24-25,30H,7,9-10,18-19H2,1-4H3;5-8,13-16,18-22,24-25,31H,9-12,17H2,1-4H3/q2*+1. The van der Waals surface area contributed by atoms with Crippen LogP contribution >= 0.6 is 0 Å². The second-order valence-corrected chi connectivity index (χ2v) is 23.1. The van der Waals surface area contributed by atoms with Gasteiger partial charge in [-0.1, -0.05) is 157 Å². The van der Waals surface area contributed by atoms with Crippen molar-refractivity contribution in [2.75, 3.05) is 0 Å². The highest BCUT2D eigenvalue weighted by molar-refractivity contribution is 5.90.